The lowest BCUT2D eigenvalue weighted by atomic mass is 9.86. The highest BCUT2D eigenvalue weighted by Crippen LogP contribution is 2.59. The Kier molecular flexibility index (Phi) is 7.28. The number of imidazole rings is 2. The predicted octanol–water partition coefficient (Wildman–Crippen LogP) is 15.6. The first kappa shape index (κ1) is 35.7. The molecule has 0 saturated carbocycles. The summed E-state index contributed by atoms with van der Waals surface area (Å²) in [4.78, 5) is 40.5. The zero-order chi connectivity index (χ0) is 39.5. The van der Waals surface area contributed by atoms with E-state index in [-0.39, 0.29) is 11.1 Å². The maximum Gasteiger partial charge on any atom is 0.265 e. The smallest absolute Gasteiger partial charge is 0.265 e. The molecule has 0 radical (unpaired) electrons. The van der Waals surface area contributed by atoms with Crippen LogP contribution in [-0.4, -0.2) is 18.8 Å². The predicted molar refractivity (Wildman–Crippen MR) is 267 cm³/mol. The molecule has 276 valence electrons. The van der Waals surface area contributed by atoms with E-state index in [9.17, 15) is 0 Å². The summed E-state index contributed by atoms with van der Waals surface area (Å²) >= 11 is 32.1. The van der Waals surface area contributed by atoms with Gasteiger partial charge in [-0.2, -0.15) is 0 Å². The topological polar surface area (TPSA) is 68.7 Å². The van der Waals surface area contributed by atoms with Crippen molar-refractivity contribution >= 4 is 247 Å². The summed E-state index contributed by atoms with van der Waals surface area (Å²) in [6.45, 7) is 0. The van der Waals surface area contributed by atoms with Crippen molar-refractivity contribution in [2.24, 2.45) is 0 Å². The van der Waals surface area contributed by atoms with Gasteiger partial charge in [-0.25, -0.2) is 9.97 Å². The van der Waals surface area contributed by atoms with Crippen molar-refractivity contribution in [2.45, 2.75) is 0 Å². The molecule has 6 nitrogen and oxygen atoms in total. The molecule has 0 N–H and O–H groups in total. The molecule has 58 heavy (non-hydrogen) atoms. The van der Waals surface area contributed by atoms with Crippen molar-refractivity contribution in [1.29, 1.82) is 0 Å². The molecule has 14 heteroatoms. The molecule has 0 saturated heterocycles. The maximum absolute atomic E-state index is 15.1. The third kappa shape index (κ3) is 4.08. The minimum Gasteiger partial charge on any atom is -0.268 e. The normalized spacial score (nSPS) is 13.0. The molecule has 4 heterocycles. The largest absolute Gasteiger partial charge is 0.268 e. The van der Waals surface area contributed by atoms with Gasteiger partial charge in [-0.05, 0) is 173 Å². The van der Waals surface area contributed by atoms with Gasteiger partial charge in [-0.15, -0.1) is 0 Å². The van der Waals surface area contributed by atoms with Crippen LogP contribution in [0.15, 0.2) is 118 Å². The van der Waals surface area contributed by atoms with Gasteiger partial charge in [-0.1, -0.05) is 48.5 Å². The molecular weight excluding hydrogens is 1260 g/mol. The molecule has 0 aliphatic rings. The Morgan fingerprint density at radius 1 is 0.345 bits per heavy atom. The quantitative estimate of drug-likeness (QED) is 0.112. The van der Waals surface area contributed by atoms with Crippen molar-refractivity contribution in [1.82, 2.24) is 18.8 Å². The van der Waals surface area contributed by atoms with Crippen LogP contribution < -0.4 is 11.1 Å². The van der Waals surface area contributed by atoms with Crippen molar-refractivity contribution in [3.8, 4) is 0 Å². The number of hydrogen-bond donors (Lipinski definition) is 0. The third-order valence-electron chi connectivity index (χ3n) is 11.9. The Bertz CT molecular complexity index is 4000. The van der Waals surface area contributed by atoms with Crippen LogP contribution in [0.5, 0.6) is 0 Å². The van der Waals surface area contributed by atoms with Gasteiger partial charge in [0.25, 0.3) is 11.1 Å². The number of rotatable bonds is 0. The molecule has 4 aromatic heterocycles. The maximum atomic E-state index is 15.1. The monoisotopic (exact) mass is 1260 g/mol. The number of benzene rings is 9. The van der Waals surface area contributed by atoms with Crippen LogP contribution in [0.25, 0.3) is 120 Å². The third-order valence-corrected chi connectivity index (χ3v) is 20.3. The van der Waals surface area contributed by atoms with Gasteiger partial charge in [-0.3, -0.25) is 18.4 Å². The second kappa shape index (κ2) is 11.8. The highest BCUT2D eigenvalue weighted by atomic mass is 79.9. The first-order valence-electron chi connectivity index (χ1n) is 17.6. The van der Waals surface area contributed by atoms with Gasteiger partial charge in [0, 0.05) is 89.6 Å². The molecule has 0 amide bonds. The average Bonchev–Trinajstić information content (AvgIpc) is 3.78. The fourth-order valence-electron chi connectivity index (χ4n) is 9.51. The number of pyridine rings is 2. The lowest BCUT2D eigenvalue weighted by Gasteiger charge is -2.24. The van der Waals surface area contributed by atoms with Crippen LogP contribution in [0, 0.1) is 0 Å². The molecule has 0 atom stereocenters. The highest BCUT2D eigenvalue weighted by Gasteiger charge is 2.34. The minimum atomic E-state index is -0.187. The summed E-state index contributed by atoms with van der Waals surface area (Å²) in [7, 11) is 0. The van der Waals surface area contributed by atoms with Crippen LogP contribution in [0.4, 0.5) is 0 Å². The van der Waals surface area contributed by atoms with E-state index in [2.05, 4.69) is 140 Å². The van der Waals surface area contributed by atoms with Crippen LogP contribution in [0.1, 0.15) is 0 Å². The summed E-state index contributed by atoms with van der Waals surface area (Å²) in [6, 6.07) is 24.4. The van der Waals surface area contributed by atoms with Crippen LogP contribution in [-0.2, 0) is 0 Å². The van der Waals surface area contributed by atoms with E-state index in [0.717, 1.165) is 115 Å². The van der Waals surface area contributed by atoms with E-state index in [1.807, 2.05) is 60.7 Å². The zero-order valence-corrected chi connectivity index (χ0v) is 41.2. The number of fused-ring (bicyclic) bond motifs is 12. The van der Waals surface area contributed by atoms with E-state index in [1.165, 1.54) is 0 Å². The summed E-state index contributed by atoms with van der Waals surface area (Å²) in [6.07, 6.45) is 0. The van der Waals surface area contributed by atoms with Crippen LogP contribution in [0.3, 0.4) is 0 Å². The van der Waals surface area contributed by atoms with Crippen LogP contribution in [0.2, 0.25) is 0 Å². The zero-order valence-electron chi connectivity index (χ0n) is 28.6. The van der Waals surface area contributed by atoms with Crippen LogP contribution >= 0.6 is 127 Å². The molecular formula is C44H12Br8N4O2. The highest BCUT2D eigenvalue weighted by molar-refractivity contribution is 9.14. The van der Waals surface area contributed by atoms with Crippen molar-refractivity contribution < 1.29 is 0 Å². The van der Waals surface area contributed by atoms with Gasteiger partial charge in [0.05, 0.1) is 32.8 Å². The minimum absolute atomic E-state index is 0.187. The summed E-state index contributed by atoms with van der Waals surface area (Å²) in [5.74, 6) is 0. The molecule has 0 spiro atoms. The SMILES string of the molecule is O=c1c2c(Br)c(Br)c3c4c(Br)c(Br)c5c(=O)n6c7cc8ccccc8cc7nc6c6c(Br)c(Br)c(c7c(Br)c(Br)c(c2c37)c2nc3cc7ccccc7cc3n12)c4c56. The molecule has 0 fully saturated rings. The Labute approximate surface area is 390 Å². The molecule has 0 unspecified atom stereocenters. The summed E-state index contributed by atoms with van der Waals surface area (Å²) in [5.41, 5.74) is 3.65. The fourth-order valence-corrected chi connectivity index (χ4v) is 14.2. The molecule has 9 aromatic carbocycles. The first-order chi connectivity index (χ1) is 28.0. The Morgan fingerprint density at radius 2 is 0.621 bits per heavy atom. The Hall–Kier alpha value is -3.08. The second-order valence-electron chi connectivity index (χ2n) is 14.5. The first-order valence-corrected chi connectivity index (χ1v) is 24.0. The van der Waals surface area contributed by atoms with E-state index in [0.29, 0.717) is 40.0 Å². The van der Waals surface area contributed by atoms with Gasteiger partial charge < -0.3 is 0 Å². The number of halogens is 8. The lowest BCUT2D eigenvalue weighted by molar-refractivity contribution is 1.19. The molecule has 13 aromatic rings. The summed E-state index contributed by atoms with van der Waals surface area (Å²) < 4.78 is 9.18. The average molecular weight is 1270 g/mol. The van der Waals surface area contributed by atoms with Gasteiger partial charge in [0.15, 0.2) is 0 Å². The van der Waals surface area contributed by atoms with E-state index < -0.39 is 0 Å². The molecule has 0 aliphatic heterocycles. The van der Waals surface area contributed by atoms with Crippen molar-refractivity contribution in [3.05, 3.63) is 129 Å². The Balaban J connectivity index is 1.33. The van der Waals surface area contributed by atoms with Crippen molar-refractivity contribution in [3.63, 3.8) is 0 Å². The second-order valence-corrected chi connectivity index (χ2v) is 20.9. The fraction of sp³-hybridized carbons (Fsp3) is 0. The molecule has 13 rings (SSSR count). The number of hydrogen-bond acceptors (Lipinski definition) is 4. The molecule has 0 aliphatic carbocycles. The summed E-state index contributed by atoms with van der Waals surface area (Å²) in [5, 5.41) is 13.5. The van der Waals surface area contributed by atoms with Crippen molar-refractivity contribution in [2.75, 3.05) is 0 Å². The Morgan fingerprint density at radius 3 is 0.966 bits per heavy atom. The standard InChI is InChI=1S/C44H12Br8N4O2/c45-33-25-21-23-29(37(33)49)41-53-17-9-13-5-1-3-7-15(13)11-19(17)55(41)43(57)31(23)39(51)35(47)27(21)28-22-24-30(38(50)34(46)26(22)25)42-54-18-10-14-6-2-4-8-16(14)12-20(18)56(42)44(58)32(24)40(52)36(28)48/h1-12H. The van der Waals surface area contributed by atoms with E-state index >= 15 is 9.59 Å². The molecule has 0 bridgehead atoms. The van der Waals surface area contributed by atoms with Gasteiger partial charge in [0.1, 0.15) is 11.3 Å². The van der Waals surface area contributed by atoms with E-state index in [1.54, 1.807) is 8.80 Å². The number of nitrogens with zero attached hydrogens (tertiary/aromatic N) is 4. The number of aromatic nitrogens is 4. The van der Waals surface area contributed by atoms with Gasteiger partial charge in [0.2, 0.25) is 0 Å². The lowest BCUT2D eigenvalue weighted by Crippen LogP contribution is -2.16. The van der Waals surface area contributed by atoms with Gasteiger partial charge >= 0.3 is 0 Å². The van der Waals surface area contributed by atoms with E-state index in [4.69, 9.17) is 9.97 Å².